The van der Waals surface area contributed by atoms with E-state index in [0.717, 1.165) is 51.0 Å². The van der Waals surface area contributed by atoms with Crippen LogP contribution in [0, 0.1) is 0 Å². The lowest BCUT2D eigenvalue weighted by Crippen LogP contribution is -2.21. The third-order valence-electron chi connectivity index (χ3n) is 6.52. The summed E-state index contributed by atoms with van der Waals surface area (Å²) in [5.41, 5.74) is 3.24. The average Bonchev–Trinajstić information content (AvgIpc) is 3.54. The van der Waals surface area contributed by atoms with Gasteiger partial charge in [-0.05, 0) is 80.9 Å². The molecule has 0 unspecified atom stereocenters. The molecule has 0 aliphatic rings. The molecule has 4 aromatic rings. The largest absolute Gasteiger partial charge is 0.462 e. The first-order chi connectivity index (χ1) is 19.6. The summed E-state index contributed by atoms with van der Waals surface area (Å²) in [4.78, 5) is 14.6. The van der Waals surface area contributed by atoms with Gasteiger partial charge in [-0.15, -0.1) is 43.1 Å². The molecule has 4 rings (SSSR count). The zero-order valence-electron chi connectivity index (χ0n) is 23.5. The van der Waals surface area contributed by atoms with E-state index in [1.165, 1.54) is 31.4 Å². The van der Waals surface area contributed by atoms with E-state index in [1.54, 1.807) is 46.9 Å². The monoisotopic (exact) mass is 575 g/mol. The molecule has 0 aliphatic heterocycles. The summed E-state index contributed by atoms with van der Waals surface area (Å²) in [7, 11) is 0. The van der Waals surface area contributed by atoms with Gasteiger partial charge in [-0.1, -0.05) is 39.0 Å². The van der Waals surface area contributed by atoms with Crippen molar-refractivity contribution in [3.05, 3.63) is 66.2 Å². The number of unbranched alkanes of at least 4 members (excludes halogenated alkanes) is 5. The fraction of sp³-hybridized carbons (Fsp3) is 0.387. The van der Waals surface area contributed by atoms with Crippen molar-refractivity contribution in [2.24, 2.45) is 20.5 Å². The van der Waals surface area contributed by atoms with Gasteiger partial charge < -0.3 is 9.64 Å². The normalized spacial score (nSPS) is 11.7. The topological polar surface area (TPSA) is 79.0 Å². The fourth-order valence-electron chi connectivity index (χ4n) is 4.24. The number of nitrogens with zero attached hydrogens (tertiary/aromatic N) is 5. The standard InChI is InChI=1S/C31H37N5O2S2/c1-4-7-8-9-10-11-20-38-31(37)23-12-14-24(15-13-23)32-34-29-21-27-28(39-29)22-30(40-27)35-33-25-16-18-26(19-17-25)36(5-2)6-3/h12-19,21-22H,4-11,20H2,1-3H3/b34-32+,35-33+. The minimum Gasteiger partial charge on any atom is -0.462 e. The first-order valence-corrected chi connectivity index (χ1v) is 15.7. The summed E-state index contributed by atoms with van der Waals surface area (Å²) in [5.74, 6) is -0.292. The van der Waals surface area contributed by atoms with Gasteiger partial charge >= 0.3 is 5.97 Å². The number of carbonyl (C=O) groups excluding carboxylic acids is 1. The molecule has 2 heterocycles. The van der Waals surface area contributed by atoms with Gasteiger partial charge in [0.05, 0.1) is 23.5 Å². The molecule has 9 heteroatoms. The maximum absolute atomic E-state index is 12.3. The van der Waals surface area contributed by atoms with E-state index in [9.17, 15) is 4.79 Å². The average molecular weight is 576 g/mol. The lowest BCUT2D eigenvalue weighted by Gasteiger charge is -2.20. The molecular weight excluding hydrogens is 539 g/mol. The van der Waals surface area contributed by atoms with Crippen LogP contribution in [0.3, 0.4) is 0 Å². The van der Waals surface area contributed by atoms with Crippen molar-refractivity contribution in [3.63, 3.8) is 0 Å². The van der Waals surface area contributed by atoms with Crippen LogP contribution in [-0.4, -0.2) is 25.7 Å². The molecule has 7 nitrogen and oxygen atoms in total. The van der Waals surface area contributed by atoms with Gasteiger partial charge in [-0.3, -0.25) is 0 Å². The van der Waals surface area contributed by atoms with Crippen LogP contribution < -0.4 is 4.90 Å². The number of anilines is 1. The van der Waals surface area contributed by atoms with Crippen molar-refractivity contribution in [2.75, 3.05) is 24.6 Å². The minimum atomic E-state index is -0.292. The van der Waals surface area contributed by atoms with Crippen LogP contribution in [0.4, 0.5) is 27.1 Å². The van der Waals surface area contributed by atoms with E-state index in [2.05, 4.69) is 58.3 Å². The summed E-state index contributed by atoms with van der Waals surface area (Å²) < 4.78 is 7.61. The highest BCUT2D eigenvalue weighted by Crippen LogP contribution is 2.41. The number of rotatable bonds is 15. The maximum Gasteiger partial charge on any atom is 0.338 e. The zero-order valence-corrected chi connectivity index (χ0v) is 25.1. The SMILES string of the molecule is CCCCCCCCOC(=O)c1ccc(/N=N/c2cc3sc(/N=N/c4ccc(N(CC)CC)cc4)cc3s2)cc1. The van der Waals surface area contributed by atoms with Crippen molar-refractivity contribution < 1.29 is 9.53 Å². The van der Waals surface area contributed by atoms with Gasteiger partial charge in [0.2, 0.25) is 0 Å². The minimum absolute atomic E-state index is 0.292. The molecular formula is C31H37N5O2S2. The molecule has 2 aromatic carbocycles. The molecule has 0 radical (unpaired) electrons. The summed E-state index contributed by atoms with van der Waals surface area (Å²) in [5, 5.41) is 19.2. The quantitative estimate of drug-likeness (QED) is 0.0803. The van der Waals surface area contributed by atoms with E-state index in [-0.39, 0.29) is 5.97 Å². The number of esters is 1. The van der Waals surface area contributed by atoms with E-state index >= 15 is 0 Å². The molecule has 2 aromatic heterocycles. The third-order valence-corrected chi connectivity index (χ3v) is 8.58. The molecule has 0 amide bonds. The predicted octanol–water partition coefficient (Wildman–Crippen LogP) is 11.2. The van der Waals surface area contributed by atoms with E-state index < -0.39 is 0 Å². The predicted molar refractivity (Wildman–Crippen MR) is 168 cm³/mol. The van der Waals surface area contributed by atoms with E-state index in [1.807, 2.05) is 24.3 Å². The molecule has 210 valence electrons. The van der Waals surface area contributed by atoms with Crippen molar-refractivity contribution in [1.29, 1.82) is 0 Å². The Hall–Kier alpha value is -3.43. The second kappa shape index (κ2) is 15.4. The highest BCUT2D eigenvalue weighted by Gasteiger charge is 2.09. The molecule has 0 bridgehead atoms. The Bertz CT molecular complexity index is 1370. The number of ether oxygens (including phenoxy) is 1. The van der Waals surface area contributed by atoms with Crippen LogP contribution in [0.5, 0.6) is 0 Å². The van der Waals surface area contributed by atoms with E-state index in [0.29, 0.717) is 17.9 Å². The summed E-state index contributed by atoms with van der Waals surface area (Å²) >= 11 is 3.14. The molecule has 40 heavy (non-hydrogen) atoms. The highest BCUT2D eigenvalue weighted by atomic mass is 32.1. The van der Waals surface area contributed by atoms with Gasteiger partial charge in [0.1, 0.15) is 10.0 Å². The highest BCUT2D eigenvalue weighted by molar-refractivity contribution is 7.31. The number of benzene rings is 2. The number of fused-ring (bicyclic) bond motifs is 1. The molecule has 0 atom stereocenters. The first-order valence-electron chi connectivity index (χ1n) is 14.1. The van der Waals surface area contributed by atoms with Crippen LogP contribution in [0.1, 0.15) is 69.7 Å². The Morgan fingerprint density at radius 1 is 0.700 bits per heavy atom. The Kier molecular flexibility index (Phi) is 11.4. The molecule has 0 spiro atoms. The Balaban J connectivity index is 1.27. The number of hydrogen-bond acceptors (Lipinski definition) is 9. The number of azo groups is 2. The third kappa shape index (κ3) is 8.53. The Morgan fingerprint density at radius 2 is 1.23 bits per heavy atom. The lowest BCUT2D eigenvalue weighted by molar-refractivity contribution is 0.0497. The van der Waals surface area contributed by atoms with Crippen LogP contribution in [-0.2, 0) is 4.74 Å². The second-order valence-electron chi connectivity index (χ2n) is 9.44. The molecule has 0 aliphatic carbocycles. The molecule has 0 N–H and O–H groups in total. The number of carbonyl (C=O) groups is 1. The fourth-order valence-corrected chi connectivity index (χ4v) is 6.26. The summed E-state index contributed by atoms with van der Waals surface area (Å²) in [6.07, 6.45) is 6.98. The van der Waals surface area contributed by atoms with Crippen molar-refractivity contribution in [2.45, 2.75) is 59.3 Å². The van der Waals surface area contributed by atoms with Crippen LogP contribution in [0.15, 0.2) is 81.1 Å². The Labute approximate surface area is 244 Å². The molecule has 0 fully saturated rings. The second-order valence-corrected chi connectivity index (χ2v) is 11.6. The van der Waals surface area contributed by atoms with Gasteiger partial charge in [-0.25, -0.2) is 4.79 Å². The molecule has 0 saturated carbocycles. The summed E-state index contributed by atoms with van der Waals surface area (Å²) in [6.45, 7) is 8.94. The van der Waals surface area contributed by atoms with Crippen molar-refractivity contribution in [3.8, 4) is 0 Å². The van der Waals surface area contributed by atoms with Gasteiger partial charge in [0, 0.05) is 28.2 Å². The number of thiophene rings is 2. The van der Waals surface area contributed by atoms with Gasteiger partial charge in [0.15, 0.2) is 0 Å². The van der Waals surface area contributed by atoms with Crippen molar-refractivity contribution in [1.82, 2.24) is 0 Å². The van der Waals surface area contributed by atoms with E-state index in [4.69, 9.17) is 4.74 Å². The molecule has 0 saturated heterocycles. The zero-order chi connectivity index (χ0) is 28.2. The number of hydrogen-bond donors (Lipinski definition) is 0. The smallest absolute Gasteiger partial charge is 0.338 e. The van der Waals surface area contributed by atoms with Gasteiger partial charge in [0.25, 0.3) is 0 Å². The maximum atomic E-state index is 12.3. The lowest BCUT2D eigenvalue weighted by atomic mass is 10.1. The Morgan fingerprint density at radius 3 is 1.77 bits per heavy atom. The first kappa shape index (κ1) is 29.6. The summed E-state index contributed by atoms with van der Waals surface area (Å²) in [6, 6.07) is 19.3. The van der Waals surface area contributed by atoms with Crippen LogP contribution in [0.2, 0.25) is 0 Å². The van der Waals surface area contributed by atoms with Crippen LogP contribution in [0.25, 0.3) is 9.40 Å². The van der Waals surface area contributed by atoms with Crippen LogP contribution >= 0.6 is 22.7 Å². The van der Waals surface area contributed by atoms with Crippen molar-refractivity contribution >= 4 is 65.1 Å². The van der Waals surface area contributed by atoms with Gasteiger partial charge in [-0.2, -0.15) is 0 Å².